The minimum atomic E-state index is -4.37. The number of nitrogens with zero attached hydrogens (tertiary/aromatic N) is 2. The van der Waals surface area contributed by atoms with Crippen LogP contribution in [0.1, 0.15) is 42.4 Å². The molecule has 0 radical (unpaired) electrons. The topological polar surface area (TPSA) is 96.0 Å². The number of ether oxygens (including phenoxy) is 1. The summed E-state index contributed by atoms with van der Waals surface area (Å²) < 4.78 is 35.3. The number of hydrogen-bond donors (Lipinski definition) is 1. The van der Waals surface area contributed by atoms with Crippen molar-refractivity contribution in [1.29, 1.82) is 0 Å². The van der Waals surface area contributed by atoms with Gasteiger partial charge >= 0.3 is 0 Å². The van der Waals surface area contributed by atoms with Crippen LogP contribution in [0.2, 0.25) is 15.1 Å². The summed E-state index contributed by atoms with van der Waals surface area (Å²) in [6, 6.07) is 24.1. The number of methoxy groups -OCH3 is 1. The third kappa shape index (κ3) is 8.89. The monoisotopic (exact) mass is 741 g/mol. The largest absolute Gasteiger partial charge is 0.495 e. The second-order valence-corrected chi connectivity index (χ2v) is 15.2. The highest BCUT2D eigenvalue weighted by Crippen LogP contribution is 2.36. The predicted molar refractivity (Wildman–Crippen MR) is 195 cm³/mol. The zero-order valence-corrected chi connectivity index (χ0v) is 30.3. The van der Waals surface area contributed by atoms with E-state index in [0.29, 0.717) is 15.6 Å². The summed E-state index contributed by atoms with van der Waals surface area (Å²) in [7, 11) is -2.96. The van der Waals surface area contributed by atoms with Crippen molar-refractivity contribution in [1.82, 2.24) is 10.2 Å². The molecule has 12 heteroatoms. The number of sulfonamides is 1. The Hall–Kier alpha value is -3.76. The van der Waals surface area contributed by atoms with Crippen molar-refractivity contribution in [2.45, 2.75) is 62.6 Å². The van der Waals surface area contributed by atoms with Crippen molar-refractivity contribution in [2.75, 3.05) is 18.0 Å². The number of amides is 2. The normalized spacial score (nSPS) is 13.9. The van der Waals surface area contributed by atoms with E-state index >= 15 is 0 Å². The first-order valence-electron chi connectivity index (χ1n) is 16.0. The first kappa shape index (κ1) is 36.5. The number of nitrogens with one attached hydrogen (secondary N) is 1. The van der Waals surface area contributed by atoms with Crippen LogP contribution in [0, 0.1) is 6.92 Å². The lowest BCUT2D eigenvalue weighted by molar-refractivity contribution is -0.140. The van der Waals surface area contributed by atoms with Crippen LogP contribution in [0.25, 0.3) is 0 Å². The maximum Gasteiger partial charge on any atom is 0.264 e. The van der Waals surface area contributed by atoms with Crippen LogP contribution in [0.4, 0.5) is 5.69 Å². The molecule has 8 nitrogen and oxygen atoms in total. The number of rotatable bonds is 13. The summed E-state index contributed by atoms with van der Waals surface area (Å²) in [6.45, 7) is 1.01. The molecule has 258 valence electrons. The molecule has 1 fully saturated rings. The quantitative estimate of drug-likeness (QED) is 0.151. The highest BCUT2D eigenvalue weighted by atomic mass is 35.5. The minimum Gasteiger partial charge on any atom is -0.495 e. The van der Waals surface area contributed by atoms with E-state index in [0.717, 1.165) is 41.1 Å². The first-order chi connectivity index (χ1) is 23.5. The average molecular weight is 743 g/mol. The van der Waals surface area contributed by atoms with Gasteiger partial charge in [-0.3, -0.25) is 13.9 Å². The summed E-state index contributed by atoms with van der Waals surface area (Å²) in [5.74, 6) is -0.815. The summed E-state index contributed by atoms with van der Waals surface area (Å²) in [4.78, 5) is 30.4. The molecule has 1 aliphatic carbocycles. The maximum atomic E-state index is 14.8. The van der Waals surface area contributed by atoms with Gasteiger partial charge < -0.3 is 15.0 Å². The summed E-state index contributed by atoms with van der Waals surface area (Å²) in [5.41, 5.74) is 2.17. The fraction of sp³-hybridized carbons (Fsp3) is 0.297. The molecule has 4 aromatic rings. The molecular formula is C37H38Cl3N3O5S. The highest BCUT2D eigenvalue weighted by Gasteiger charge is 2.37. The Kier molecular flexibility index (Phi) is 12.1. The van der Waals surface area contributed by atoms with Crippen molar-refractivity contribution in [3.63, 3.8) is 0 Å². The fourth-order valence-electron chi connectivity index (χ4n) is 5.98. The van der Waals surface area contributed by atoms with E-state index in [9.17, 15) is 18.0 Å². The van der Waals surface area contributed by atoms with Gasteiger partial charge in [0.25, 0.3) is 10.0 Å². The molecule has 0 heterocycles. The van der Waals surface area contributed by atoms with Crippen LogP contribution >= 0.6 is 34.8 Å². The Morgan fingerprint density at radius 1 is 0.898 bits per heavy atom. The molecule has 1 saturated carbocycles. The zero-order chi connectivity index (χ0) is 35.1. The molecule has 0 bridgehead atoms. The number of aryl methyl sites for hydroxylation is 1. The molecule has 1 aliphatic rings. The smallest absolute Gasteiger partial charge is 0.264 e. The van der Waals surface area contributed by atoms with Crippen molar-refractivity contribution >= 4 is 62.3 Å². The van der Waals surface area contributed by atoms with Gasteiger partial charge in [0.1, 0.15) is 18.3 Å². The Labute approximate surface area is 303 Å². The standard InChI is InChI=1S/C37H38Cl3N3O5S/c1-25-15-18-29(19-16-25)49(46,47)43(33-22-27(38)17-20-35(33)48-2)24-36(44)42(23-30-31(39)13-8-14-32(30)40)34(21-26-9-4-3-5-10-26)37(45)41-28-11-6-7-12-28/h3-5,8-10,13-20,22,28,34H,6-7,11-12,21,23-24H2,1-2H3,(H,41,45)/t34-/m0/s1. The lowest BCUT2D eigenvalue weighted by Gasteiger charge is -2.35. The van der Waals surface area contributed by atoms with E-state index < -0.39 is 28.5 Å². The molecule has 49 heavy (non-hydrogen) atoms. The Morgan fingerprint density at radius 2 is 1.55 bits per heavy atom. The van der Waals surface area contributed by atoms with Gasteiger partial charge in [-0.05, 0) is 67.8 Å². The van der Waals surface area contributed by atoms with E-state index in [1.54, 1.807) is 36.4 Å². The van der Waals surface area contributed by atoms with E-state index in [4.69, 9.17) is 39.5 Å². The molecular weight excluding hydrogens is 705 g/mol. The average Bonchev–Trinajstić information content (AvgIpc) is 3.60. The molecule has 0 unspecified atom stereocenters. The highest BCUT2D eigenvalue weighted by molar-refractivity contribution is 7.92. The molecule has 0 spiro atoms. The van der Waals surface area contributed by atoms with E-state index in [1.165, 1.54) is 36.3 Å². The molecule has 1 atom stereocenters. The zero-order valence-electron chi connectivity index (χ0n) is 27.2. The van der Waals surface area contributed by atoms with Crippen LogP contribution in [-0.4, -0.2) is 50.9 Å². The number of halogens is 3. The molecule has 0 saturated heterocycles. The summed E-state index contributed by atoms with van der Waals surface area (Å²) in [5, 5.41) is 4.01. The van der Waals surface area contributed by atoms with Gasteiger partial charge in [0.15, 0.2) is 0 Å². The fourth-order valence-corrected chi connectivity index (χ4v) is 8.08. The van der Waals surface area contributed by atoms with Gasteiger partial charge in [-0.15, -0.1) is 0 Å². The van der Waals surface area contributed by atoms with Crippen LogP contribution < -0.4 is 14.4 Å². The summed E-state index contributed by atoms with van der Waals surface area (Å²) in [6.07, 6.45) is 3.84. The van der Waals surface area contributed by atoms with Gasteiger partial charge in [0.2, 0.25) is 11.8 Å². The Bertz CT molecular complexity index is 1870. The number of carbonyl (C=O) groups excluding carboxylic acids is 2. The third-order valence-corrected chi connectivity index (χ3v) is 11.4. The predicted octanol–water partition coefficient (Wildman–Crippen LogP) is 7.86. The number of benzene rings is 4. The molecule has 5 rings (SSSR count). The Morgan fingerprint density at radius 3 is 2.18 bits per heavy atom. The van der Waals surface area contributed by atoms with Crippen molar-refractivity contribution in [3.05, 3.63) is 123 Å². The number of anilines is 1. The van der Waals surface area contributed by atoms with E-state index in [-0.39, 0.29) is 46.3 Å². The Balaban J connectivity index is 1.63. The van der Waals surface area contributed by atoms with E-state index in [2.05, 4.69) is 5.32 Å². The van der Waals surface area contributed by atoms with Crippen molar-refractivity contribution in [3.8, 4) is 5.75 Å². The van der Waals surface area contributed by atoms with Crippen molar-refractivity contribution < 1.29 is 22.7 Å². The van der Waals surface area contributed by atoms with Gasteiger partial charge in [-0.25, -0.2) is 8.42 Å². The van der Waals surface area contributed by atoms with Gasteiger partial charge in [0, 0.05) is 39.6 Å². The maximum absolute atomic E-state index is 14.8. The van der Waals surface area contributed by atoms with Crippen LogP contribution in [0.15, 0.2) is 95.9 Å². The lowest BCUT2D eigenvalue weighted by Crippen LogP contribution is -2.54. The van der Waals surface area contributed by atoms with E-state index in [1.807, 2.05) is 37.3 Å². The molecule has 1 N–H and O–H groups in total. The SMILES string of the molecule is COc1ccc(Cl)cc1N(CC(=O)N(Cc1c(Cl)cccc1Cl)[C@@H](Cc1ccccc1)C(=O)NC1CCCC1)S(=O)(=O)c1ccc(C)cc1. The van der Waals surface area contributed by atoms with Gasteiger partial charge in [-0.2, -0.15) is 0 Å². The number of carbonyl (C=O) groups is 2. The third-order valence-electron chi connectivity index (χ3n) is 8.66. The van der Waals surface area contributed by atoms with Gasteiger partial charge in [0.05, 0.1) is 17.7 Å². The van der Waals surface area contributed by atoms with Crippen LogP contribution in [0.3, 0.4) is 0 Å². The van der Waals surface area contributed by atoms with Gasteiger partial charge in [-0.1, -0.05) is 102 Å². The second-order valence-electron chi connectivity index (χ2n) is 12.1. The molecule has 2 amide bonds. The first-order valence-corrected chi connectivity index (χ1v) is 18.5. The van der Waals surface area contributed by atoms with Crippen LogP contribution in [0.5, 0.6) is 5.75 Å². The van der Waals surface area contributed by atoms with Crippen molar-refractivity contribution in [2.24, 2.45) is 0 Å². The molecule has 0 aromatic heterocycles. The van der Waals surface area contributed by atoms with Crippen LogP contribution in [-0.2, 0) is 32.6 Å². The summed E-state index contributed by atoms with van der Waals surface area (Å²) >= 11 is 19.6. The number of hydrogen-bond acceptors (Lipinski definition) is 5. The molecule has 0 aliphatic heterocycles. The molecule has 4 aromatic carbocycles. The minimum absolute atomic E-state index is 0.0271. The second kappa shape index (κ2) is 16.3. The lowest BCUT2D eigenvalue weighted by atomic mass is 10.0.